The molecule has 39 heavy (non-hydrogen) atoms. The van der Waals surface area contributed by atoms with Crippen LogP contribution >= 0.6 is 23.2 Å². The number of piperidine rings is 1. The van der Waals surface area contributed by atoms with Crippen LogP contribution in [0.15, 0.2) is 54.7 Å². The number of halogens is 2. The maximum atomic E-state index is 13.6. The fourth-order valence-electron chi connectivity index (χ4n) is 4.54. The molecule has 0 spiro atoms. The number of anilines is 3. The number of benzene rings is 2. The van der Waals surface area contributed by atoms with Crippen molar-refractivity contribution in [2.75, 3.05) is 54.9 Å². The Morgan fingerprint density at radius 3 is 2.41 bits per heavy atom. The van der Waals surface area contributed by atoms with Gasteiger partial charge in [-0.2, -0.15) is 0 Å². The van der Waals surface area contributed by atoms with E-state index in [4.69, 9.17) is 32.7 Å². The summed E-state index contributed by atoms with van der Waals surface area (Å²) in [6.45, 7) is 4.57. The fourth-order valence-corrected chi connectivity index (χ4v) is 4.83. The quantitative estimate of drug-likeness (QED) is 0.373. The van der Waals surface area contributed by atoms with E-state index in [1.807, 2.05) is 12.1 Å². The number of hydrogen-bond acceptors (Lipinski definition) is 7. The minimum absolute atomic E-state index is 0.00138. The standard InChI is InChI=1S/C28H29Cl2N5O4/c29-18-1-5-24(23(15-18)28(37)34-26-6-2-19(30)17-32-26)33-27(36)22-4-3-20(35-11-13-38-14-12-35)16-25(22)39-21-7-9-31-10-8-21/h1-6,15-17,21,31H,7-14H2,(H,33,36)(H,32,34,37). The highest BCUT2D eigenvalue weighted by molar-refractivity contribution is 6.31. The van der Waals surface area contributed by atoms with Crippen molar-refractivity contribution < 1.29 is 19.1 Å². The van der Waals surface area contributed by atoms with Gasteiger partial charge in [-0.3, -0.25) is 9.59 Å². The molecular weight excluding hydrogens is 541 g/mol. The Hall–Kier alpha value is -3.37. The van der Waals surface area contributed by atoms with Gasteiger partial charge in [-0.05, 0) is 68.4 Å². The van der Waals surface area contributed by atoms with E-state index < -0.39 is 11.8 Å². The maximum absolute atomic E-state index is 13.6. The van der Waals surface area contributed by atoms with Crippen LogP contribution in [0.2, 0.25) is 10.0 Å². The monoisotopic (exact) mass is 569 g/mol. The summed E-state index contributed by atoms with van der Waals surface area (Å²) in [4.78, 5) is 33.0. The van der Waals surface area contributed by atoms with Crippen molar-refractivity contribution >= 4 is 52.2 Å². The lowest BCUT2D eigenvalue weighted by molar-refractivity contribution is 0.101. The van der Waals surface area contributed by atoms with Crippen molar-refractivity contribution in [3.63, 3.8) is 0 Å². The fraction of sp³-hybridized carbons (Fsp3) is 0.321. The van der Waals surface area contributed by atoms with Gasteiger partial charge >= 0.3 is 0 Å². The van der Waals surface area contributed by atoms with Crippen molar-refractivity contribution in [1.82, 2.24) is 10.3 Å². The Morgan fingerprint density at radius 1 is 0.923 bits per heavy atom. The second-order valence-electron chi connectivity index (χ2n) is 9.31. The van der Waals surface area contributed by atoms with Crippen LogP contribution in [0.3, 0.4) is 0 Å². The third-order valence-electron chi connectivity index (χ3n) is 6.61. The zero-order valence-corrected chi connectivity index (χ0v) is 22.7. The van der Waals surface area contributed by atoms with E-state index in [-0.39, 0.29) is 11.7 Å². The third-order valence-corrected chi connectivity index (χ3v) is 7.07. The average Bonchev–Trinajstić information content (AvgIpc) is 2.96. The smallest absolute Gasteiger partial charge is 0.259 e. The van der Waals surface area contributed by atoms with E-state index in [1.165, 1.54) is 12.3 Å². The molecular formula is C28H29Cl2N5O4. The van der Waals surface area contributed by atoms with Gasteiger partial charge in [-0.25, -0.2) is 4.98 Å². The molecule has 2 amide bonds. The summed E-state index contributed by atoms with van der Waals surface area (Å²) in [5, 5.41) is 9.73. The highest BCUT2D eigenvalue weighted by Crippen LogP contribution is 2.30. The van der Waals surface area contributed by atoms with E-state index in [2.05, 4.69) is 25.8 Å². The molecule has 2 aromatic carbocycles. The maximum Gasteiger partial charge on any atom is 0.259 e. The van der Waals surface area contributed by atoms with Crippen LogP contribution in [0.4, 0.5) is 17.2 Å². The molecule has 3 heterocycles. The molecule has 1 aromatic heterocycles. The van der Waals surface area contributed by atoms with Crippen LogP contribution in [0.5, 0.6) is 5.75 Å². The van der Waals surface area contributed by atoms with Crippen LogP contribution in [0, 0.1) is 0 Å². The van der Waals surface area contributed by atoms with E-state index in [9.17, 15) is 9.59 Å². The Balaban J connectivity index is 1.40. The predicted molar refractivity (Wildman–Crippen MR) is 153 cm³/mol. The first-order chi connectivity index (χ1) is 19.0. The van der Waals surface area contributed by atoms with E-state index in [0.717, 1.165) is 44.7 Å². The topological polar surface area (TPSA) is 105 Å². The molecule has 5 rings (SSSR count). The summed E-state index contributed by atoms with van der Waals surface area (Å²) >= 11 is 12.1. The molecule has 0 bridgehead atoms. The average molecular weight is 570 g/mol. The first-order valence-corrected chi connectivity index (χ1v) is 13.6. The first kappa shape index (κ1) is 27.2. The summed E-state index contributed by atoms with van der Waals surface area (Å²) < 4.78 is 11.9. The first-order valence-electron chi connectivity index (χ1n) is 12.8. The second-order valence-corrected chi connectivity index (χ2v) is 10.2. The van der Waals surface area contributed by atoms with Crippen LogP contribution in [-0.4, -0.2) is 62.3 Å². The molecule has 9 nitrogen and oxygen atoms in total. The molecule has 2 saturated heterocycles. The summed E-state index contributed by atoms with van der Waals surface area (Å²) in [5.41, 5.74) is 1.85. The lowest BCUT2D eigenvalue weighted by Gasteiger charge is -2.30. The number of pyridine rings is 1. The highest BCUT2D eigenvalue weighted by Gasteiger charge is 2.23. The van der Waals surface area contributed by atoms with Crippen molar-refractivity contribution in [3.8, 4) is 5.75 Å². The van der Waals surface area contributed by atoms with Gasteiger partial charge in [0.25, 0.3) is 11.8 Å². The molecule has 0 aliphatic carbocycles. The Bertz CT molecular complexity index is 1330. The molecule has 11 heteroatoms. The van der Waals surface area contributed by atoms with Crippen molar-refractivity contribution in [2.24, 2.45) is 0 Å². The summed E-state index contributed by atoms with van der Waals surface area (Å²) in [5.74, 6) is -0.0448. The van der Waals surface area contributed by atoms with Crippen molar-refractivity contribution in [3.05, 3.63) is 75.9 Å². The Kier molecular flexibility index (Phi) is 8.83. The minimum atomic E-state index is -0.475. The Morgan fingerprint density at radius 2 is 1.67 bits per heavy atom. The number of hydrogen-bond donors (Lipinski definition) is 3. The number of carbonyl (C=O) groups excluding carboxylic acids is 2. The summed E-state index contributed by atoms with van der Waals surface area (Å²) in [6.07, 6.45) is 3.13. The summed E-state index contributed by atoms with van der Waals surface area (Å²) in [7, 11) is 0. The molecule has 3 aromatic rings. The normalized spacial score (nSPS) is 16.0. The molecule has 0 unspecified atom stereocenters. The number of morpholine rings is 1. The largest absolute Gasteiger partial charge is 0.489 e. The number of amides is 2. The zero-order chi connectivity index (χ0) is 27.2. The van der Waals surface area contributed by atoms with Gasteiger partial charge < -0.3 is 30.3 Å². The van der Waals surface area contributed by atoms with Gasteiger partial charge in [-0.15, -0.1) is 0 Å². The number of ether oxygens (including phenoxy) is 2. The number of carbonyl (C=O) groups is 2. The van der Waals surface area contributed by atoms with E-state index in [0.29, 0.717) is 46.1 Å². The van der Waals surface area contributed by atoms with Crippen molar-refractivity contribution in [2.45, 2.75) is 18.9 Å². The second kappa shape index (κ2) is 12.7. The van der Waals surface area contributed by atoms with E-state index in [1.54, 1.807) is 30.3 Å². The van der Waals surface area contributed by atoms with E-state index >= 15 is 0 Å². The van der Waals surface area contributed by atoms with Crippen LogP contribution in [0.1, 0.15) is 33.6 Å². The third kappa shape index (κ3) is 6.99. The molecule has 0 radical (unpaired) electrons. The van der Waals surface area contributed by atoms with Gasteiger partial charge in [-0.1, -0.05) is 23.2 Å². The van der Waals surface area contributed by atoms with Gasteiger partial charge in [0.2, 0.25) is 0 Å². The SMILES string of the molecule is O=C(Nc1ccc(Cl)cn1)c1cc(Cl)ccc1NC(=O)c1ccc(N2CCOCC2)cc1OC1CCNCC1. The van der Waals surface area contributed by atoms with Crippen LogP contribution < -0.4 is 25.6 Å². The van der Waals surface area contributed by atoms with Gasteiger partial charge in [0.05, 0.1) is 35.1 Å². The van der Waals surface area contributed by atoms with Crippen molar-refractivity contribution in [1.29, 1.82) is 0 Å². The molecule has 2 aliphatic heterocycles. The number of aromatic nitrogens is 1. The molecule has 204 valence electrons. The Labute approximate surface area is 236 Å². The molecule has 0 atom stereocenters. The molecule has 0 saturated carbocycles. The van der Waals surface area contributed by atoms with Gasteiger partial charge in [0.1, 0.15) is 17.7 Å². The number of nitrogens with one attached hydrogen (secondary N) is 3. The predicted octanol–water partition coefficient (Wildman–Crippen LogP) is 4.86. The number of rotatable bonds is 7. The molecule has 3 N–H and O–H groups in total. The molecule has 2 fully saturated rings. The van der Waals surface area contributed by atoms with Gasteiger partial charge in [0, 0.05) is 36.1 Å². The van der Waals surface area contributed by atoms with Gasteiger partial charge in [0.15, 0.2) is 0 Å². The van der Waals surface area contributed by atoms with Crippen LogP contribution in [-0.2, 0) is 4.74 Å². The molecule has 2 aliphatic rings. The highest BCUT2D eigenvalue weighted by atomic mass is 35.5. The number of nitrogens with zero attached hydrogens (tertiary/aromatic N) is 2. The lowest BCUT2D eigenvalue weighted by Crippen LogP contribution is -2.36. The minimum Gasteiger partial charge on any atom is -0.489 e. The zero-order valence-electron chi connectivity index (χ0n) is 21.2. The summed E-state index contributed by atoms with van der Waals surface area (Å²) in [6, 6.07) is 13.5. The van der Waals surface area contributed by atoms with Crippen LogP contribution in [0.25, 0.3) is 0 Å². The lowest BCUT2D eigenvalue weighted by atomic mass is 10.1.